The van der Waals surface area contributed by atoms with Gasteiger partial charge in [-0.2, -0.15) is 0 Å². The van der Waals surface area contributed by atoms with E-state index in [1.54, 1.807) is 16.7 Å². The smallest absolute Gasteiger partial charge is 0.298 e. The Morgan fingerprint density at radius 3 is 2.43 bits per heavy atom. The lowest BCUT2D eigenvalue weighted by Gasteiger charge is -2.17. The normalized spacial score (nSPS) is 10.9. The predicted octanol–water partition coefficient (Wildman–Crippen LogP) is 4.66. The standard InChI is InChI=1S/C22H32N2O4/c1-3-5-7-8-9-10-13-24-19-15-17(23)11-12-18(19)20(27-14-6-4-2)21(22(24)26)28-16-25/h11-12,15-16H,3-10,13-14,23H2,1-2H3. The summed E-state index contributed by atoms with van der Waals surface area (Å²) in [4.78, 5) is 24.1. The van der Waals surface area contributed by atoms with Gasteiger partial charge in [0.1, 0.15) is 0 Å². The molecule has 0 aliphatic rings. The predicted molar refractivity (Wildman–Crippen MR) is 113 cm³/mol. The van der Waals surface area contributed by atoms with Gasteiger partial charge in [-0.15, -0.1) is 0 Å². The number of ether oxygens (including phenoxy) is 2. The second-order valence-electron chi connectivity index (χ2n) is 7.08. The van der Waals surface area contributed by atoms with Gasteiger partial charge in [-0.3, -0.25) is 9.59 Å². The molecule has 0 unspecified atom stereocenters. The van der Waals surface area contributed by atoms with Crippen molar-refractivity contribution in [2.45, 2.75) is 71.8 Å². The van der Waals surface area contributed by atoms with Gasteiger partial charge in [-0.1, -0.05) is 52.4 Å². The van der Waals surface area contributed by atoms with E-state index >= 15 is 0 Å². The van der Waals surface area contributed by atoms with Crippen LogP contribution in [0, 0.1) is 0 Å². The van der Waals surface area contributed by atoms with Gasteiger partial charge in [0.15, 0.2) is 5.75 Å². The van der Waals surface area contributed by atoms with Crippen molar-refractivity contribution in [1.29, 1.82) is 0 Å². The van der Waals surface area contributed by atoms with Crippen LogP contribution in [0.15, 0.2) is 23.0 Å². The molecule has 1 heterocycles. The topological polar surface area (TPSA) is 83.5 Å². The summed E-state index contributed by atoms with van der Waals surface area (Å²) < 4.78 is 12.6. The van der Waals surface area contributed by atoms with Crippen LogP contribution in [0.5, 0.6) is 11.5 Å². The van der Waals surface area contributed by atoms with Crippen LogP contribution in [0.2, 0.25) is 0 Å². The first kappa shape index (κ1) is 21.8. The van der Waals surface area contributed by atoms with Crippen molar-refractivity contribution in [2.75, 3.05) is 12.3 Å². The van der Waals surface area contributed by atoms with Crippen LogP contribution in [-0.2, 0) is 11.3 Å². The molecule has 0 fully saturated rings. The third-order valence-corrected chi connectivity index (χ3v) is 4.85. The van der Waals surface area contributed by atoms with Gasteiger partial charge in [0.2, 0.25) is 5.75 Å². The molecule has 6 nitrogen and oxygen atoms in total. The first-order chi connectivity index (χ1) is 13.6. The molecule has 2 aromatic rings. The highest BCUT2D eigenvalue weighted by atomic mass is 16.5. The molecule has 2 N–H and O–H groups in total. The third kappa shape index (κ3) is 5.50. The quantitative estimate of drug-likeness (QED) is 0.306. The monoisotopic (exact) mass is 388 g/mol. The molecule has 0 aliphatic carbocycles. The number of nitrogen functional groups attached to an aromatic ring is 1. The molecule has 28 heavy (non-hydrogen) atoms. The Balaban J connectivity index is 2.40. The van der Waals surface area contributed by atoms with Crippen LogP contribution in [0.25, 0.3) is 10.9 Å². The number of anilines is 1. The van der Waals surface area contributed by atoms with Crippen molar-refractivity contribution in [1.82, 2.24) is 4.57 Å². The summed E-state index contributed by atoms with van der Waals surface area (Å²) in [5.74, 6) is 0.272. The highest BCUT2D eigenvalue weighted by Crippen LogP contribution is 2.34. The van der Waals surface area contributed by atoms with Crippen molar-refractivity contribution < 1.29 is 14.3 Å². The van der Waals surface area contributed by atoms with Crippen molar-refractivity contribution >= 4 is 23.1 Å². The van der Waals surface area contributed by atoms with E-state index in [2.05, 4.69) is 13.8 Å². The summed E-state index contributed by atoms with van der Waals surface area (Å²) >= 11 is 0. The number of nitrogens with two attached hydrogens (primary N) is 1. The Labute approximate surface area is 166 Å². The number of unbranched alkanes of at least 4 members (excludes halogenated alkanes) is 6. The fourth-order valence-corrected chi connectivity index (χ4v) is 3.30. The van der Waals surface area contributed by atoms with E-state index in [0.29, 0.717) is 30.1 Å². The summed E-state index contributed by atoms with van der Waals surface area (Å²) in [7, 11) is 0. The van der Waals surface area contributed by atoms with Gasteiger partial charge >= 0.3 is 0 Å². The summed E-state index contributed by atoms with van der Waals surface area (Å²) in [6.45, 7) is 5.53. The summed E-state index contributed by atoms with van der Waals surface area (Å²) in [6, 6.07) is 5.37. The number of aromatic nitrogens is 1. The van der Waals surface area contributed by atoms with Gasteiger partial charge in [0, 0.05) is 17.6 Å². The molecule has 0 saturated carbocycles. The maximum atomic E-state index is 13.1. The van der Waals surface area contributed by atoms with E-state index in [4.69, 9.17) is 15.2 Å². The number of fused-ring (bicyclic) bond motifs is 1. The summed E-state index contributed by atoms with van der Waals surface area (Å²) in [5, 5.41) is 0.729. The number of hydrogen-bond donors (Lipinski definition) is 1. The Morgan fingerprint density at radius 2 is 1.71 bits per heavy atom. The van der Waals surface area contributed by atoms with Gasteiger partial charge in [-0.05, 0) is 31.0 Å². The highest BCUT2D eigenvalue weighted by molar-refractivity contribution is 5.90. The highest BCUT2D eigenvalue weighted by Gasteiger charge is 2.20. The zero-order chi connectivity index (χ0) is 20.4. The number of carbonyl (C=O) groups is 1. The number of rotatable bonds is 13. The molecule has 6 heteroatoms. The number of benzene rings is 1. The fourth-order valence-electron chi connectivity index (χ4n) is 3.30. The number of nitrogens with zero attached hydrogens (tertiary/aromatic N) is 1. The lowest BCUT2D eigenvalue weighted by atomic mass is 10.1. The molecule has 154 valence electrons. The van der Waals surface area contributed by atoms with Gasteiger partial charge in [0.05, 0.1) is 12.1 Å². The van der Waals surface area contributed by atoms with E-state index in [0.717, 1.165) is 37.5 Å². The molecule has 0 radical (unpaired) electrons. The third-order valence-electron chi connectivity index (χ3n) is 4.85. The summed E-state index contributed by atoms with van der Waals surface area (Å²) in [5.41, 5.74) is 6.91. The zero-order valence-electron chi connectivity index (χ0n) is 17.0. The second-order valence-corrected chi connectivity index (χ2v) is 7.08. The number of aryl methyl sites for hydroxylation is 1. The van der Waals surface area contributed by atoms with Crippen LogP contribution >= 0.6 is 0 Å². The molecule has 0 bridgehead atoms. The van der Waals surface area contributed by atoms with Crippen LogP contribution in [0.1, 0.15) is 65.2 Å². The fraction of sp³-hybridized carbons (Fsp3) is 0.545. The van der Waals surface area contributed by atoms with E-state index in [1.807, 2.05) is 6.07 Å². The first-order valence-corrected chi connectivity index (χ1v) is 10.3. The Kier molecular flexibility index (Phi) is 8.85. The van der Waals surface area contributed by atoms with Gasteiger partial charge < -0.3 is 19.8 Å². The molecule has 0 saturated heterocycles. The molecule has 0 amide bonds. The van der Waals surface area contributed by atoms with Gasteiger partial charge in [0.25, 0.3) is 12.0 Å². The number of hydrogen-bond acceptors (Lipinski definition) is 5. The molecule has 0 spiro atoms. The van der Waals surface area contributed by atoms with Crippen molar-refractivity contribution in [3.8, 4) is 11.5 Å². The SMILES string of the molecule is CCCCCCCCn1c(=O)c(OC=O)c(OCCCC)c2ccc(N)cc21. The summed E-state index contributed by atoms with van der Waals surface area (Å²) in [6.07, 6.45) is 8.54. The minimum Gasteiger partial charge on any atom is -0.489 e. The Bertz CT molecular complexity index is 829. The average Bonchev–Trinajstić information content (AvgIpc) is 2.69. The maximum absolute atomic E-state index is 13.1. The molecule has 1 aromatic carbocycles. The van der Waals surface area contributed by atoms with Crippen molar-refractivity contribution in [2.24, 2.45) is 0 Å². The van der Waals surface area contributed by atoms with Crippen LogP contribution in [0.3, 0.4) is 0 Å². The first-order valence-electron chi connectivity index (χ1n) is 10.3. The molecular formula is C22H32N2O4. The molecule has 0 atom stereocenters. The maximum Gasteiger partial charge on any atom is 0.298 e. The van der Waals surface area contributed by atoms with Crippen LogP contribution in [0.4, 0.5) is 5.69 Å². The molecular weight excluding hydrogens is 356 g/mol. The average molecular weight is 389 g/mol. The van der Waals surface area contributed by atoms with Crippen molar-refractivity contribution in [3.05, 3.63) is 28.6 Å². The Morgan fingerprint density at radius 1 is 1.00 bits per heavy atom. The number of pyridine rings is 1. The van der Waals surface area contributed by atoms with E-state index in [-0.39, 0.29) is 17.8 Å². The minimum absolute atomic E-state index is 0.0469. The van der Waals surface area contributed by atoms with Gasteiger partial charge in [-0.25, -0.2) is 0 Å². The van der Waals surface area contributed by atoms with E-state index in [9.17, 15) is 9.59 Å². The van der Waals surface area contributed by atoms with Crippen LogP contribution < -0.4 is 20.8 Å². The van der Waals surface area contributed by atoms with E-state index < -0.39 is 0 Å². The lowest BCUT2D eigenvalue weighted by Crippen LogP contribution is -2.24. The largest absolute Gasteiger partial charge is 0.489 e. The number of carbonyl (C=O) groups excluding carboxylic acids is 1. The van der Waals surface area contributed by atoms with Crippen molar-refractivity contribution in [3.63, 3.8) is 0 Å². The second kappa shape index (κ2) is 11.4. The lowest BCUT2D eigenvalue weighted by molar-refractivity contribution is -0.120. The minimum atomic E-state index is -0.356. The van der Waals surface area contributed by atoms with Crippen LogP contribution in [-0.4, -0.2) is 17.6 Å². The zero-order valence-corrected chi connectivity index (χ0v) is 17.0. The molecule has 1 aromatic heterocycles. The molecule has 2 rings (SSSR count). The Hall–Kier alpha value is -2.50. The molecule has 0 aliphatic heterocycles. The van der Waals surface area contributed by atoms with E-state index in [1.165, 1.54) is 19.3 Å².